The highest BCUT2D eigenvalue weighted by Gasteiger charge is 2.59. The highest BCUT2D eigenvalue weighted by Crippen LogP contribution is 2.62. The third-order valence-corrected chi connectivity index (χ3v) is 8.86. The Balaban J connectivity index is 1.96. The number of aliphatic hydroxyl groups excluding tert-OH is 2. The van der Waals surface area contributed by atoms with Crippen LogP contribution in [0.25, 0.3) is 0 Å². The van der Waals surface area contributed by atoms with E-state index in [9.17, 15) is 19.8 Å². The molecule has 9 heteroatoms. The fourth-order valence-corrected chi connectivity index (χ4v) is 6.98. The predicted octanol–water partition coefficient (Wildman–Crippen LogP) is 3.09. The lowest BCUT2D eigenvalue weighted by molar-refractivity contribution is -0.144. The van der Waals surface area contributed by atoms with Gasteiger partial charge < -0.3 is 25.6 Å². The predicted molar refractivity (Wildman–Crippen MR) is 133 cm³/mol. The van der Waals surface area contributed by atoms with Gasteiger partial charge in [0, 0.05) is 42.7 Å². The molecule has 1 fully saturated rings. The smallest absolute Gasteiger partial charge is 0.226 e. The highest BCUT2D eigenvalue weighted by atomic mass is 32.1. The van der Waals surface area contributed by atoms with Crippen LogP contribution in [0, 0.1) is 22.2 Å². The van der Waals surface area contributed by atoms with Crippen molar-refractivity contribution >= 4 is 28.3 Å². The summed E-state index contributed by atoms with van der Waals surface area (Å²) in [4.78, 5) is 31.3. The van der Waals surface area contributed by atoms with E-state index >= 15 is 0 Å². The Hall–Kier alpha value is -1.55. The lowest BCUT2D eigenvalue weighted by Gasteiger charge is -2.58. The third kappa shape index (κ3) is 5.48. The number of methoxy groups -OCH3 is 1. The highest BCUT2D eigenvalue weighted by molar-refractivity contribution is 7.15. The zero-order valence-electron chi connectivity index (χ0n) is 21.4. The number of amides is 2. The van der Waals surface area contributed by atoms with Crippen LogP contribution in [-0.2, 0) is 20.7 Å². The van der Waals surface area contributed by atoms with E-state index in [1.165, 1.54) is 11.3 Å². The van der Waals surface area contributed by atoms with Crippen LogP contribution >= 0.6 is 11.3 Å². The number of fused-ring (bicyclic) bond motifs is 2. The third-order valence-electron chi connectivity index (χ3n) is 7.85. The first-order valence-electron chi connectivity index (χ1n) is 12.2. The first-order valence-corrected chi connectivity index (χ1v) is 13.0. The normalized spacial score (nSPS) is 30.9. The molecule has 1 aromatic rings. The minimum absolute atomic E-state index is 0.0170. The fourth-order valence-electron chi connectivity index (χ4n) is 5.89. The van der Waals surface area contributed by atoms with E-state index in [0.29, 0.717) is 37.5 Å². The second kappa shape index (κ2) is 10.2. The molecule has 1 heterocycles. The van der Waals surface area contributed by atoms with Crippen molar-refractivity contribution in [3.05, 3.63) is 10.6 Å². The molecular weight excluding hydrogens is 454 g/mol. The van der Waals surface area contributed by atoms with Gasteiger partial charge in [-0.15, -0.1) is 11.3 Å². The largest absolute Gasteiger partial charge is 0.396 e. The van der Waals surface area contributed by atoms with Crippen LogP contribution in [0.5, 0.6) is 0 Å². The monoisotopic (exact) mass is 495 g/mol. The fraction of sp³-hybridized carbons (Fsp3) is 0.800. The van der Waals surface area contributed by atoms with E-state index in [1.807, 2.05) is 27.7 Å². The Labute approximate surface area is 206 Å². The number of hydrogen-bond acceptors (Lipinski definition) is 7. The molecule has 1 saturated carbocycles. The molecule has 0 spiro atoms. The molecule has 0 radical (unpaired) electrons. The van der Waals surface area contributed by atoms with Gasteiger partial charge in [0.25, 0.3) is 0 Å². The van der Waals surface area contributed by atoms with E-state index in [-0.39, 0.29) is 47.5 Å². The van der Waals surface area contributed by atoms with Crippen LogP contribution in [0.2, 0.25) is 0 Å². The van der Waals surface area contributed by atoms with E-state index in [0.717, 1.165) is 17.0 Å². The number of hydrogen-bond donors (Lipinski definition) is 4. The molecule has 0 aromatic carbocycles. The summed E-state index contributed by atoms with van der Waals surface area (Å²) in [6.45, 7) is 10.9. The van der Waals surface area contributed by atoms with Crippen LogP contribution in [0.1, 0.15) is 76.8 Å². The molecule has 1 aromatic heterocycles. The quantitative estimate of drug-likeness (QED) is 0.411. The zero-order valence-corrected chi connectivity index (χ0v) is 22.2. The van der Waals surface area contributed by atoms with E-state index in [4.69, 9.17) is 9.72 Å². The molecule has 0 unspecified atom stereocenters. The number of rotatable bonds is 8. The SMILES string of the molecule is COCCNC(=O)C[C@@H]1c2nc(NC(=O)CC(C)(C)C)sc2C[C@@H]2[C@](C)(CO)[C@H](O)CC[C@]21C. The Morgan fingerprint density at radius 3 is 2.59 bits per heavy atom. The van der Waals surface area contributed by atoms with Gasteiger partial charge in [0.15, 0.2) is 5.13 Å². The lowest BCUT2D eigenvalue weighted by Crippen LogP contribution is -2.57. The minimum atomic E-state index is -0.672. The minimum Gasteiger partial charge on any atom is -0.396 e. The van der Waals surface area contributed by atoms with Crippen LogP contribution in [-0.4, -0.2) is 60.0 Å². The Kier molecular flexibility index (Phi) is 8.12. The van der Waals surface area contributed by atoms with Crippen LogP contribution < -0.4 is 10.6 Å². The van der Waals surface area contributed by atoms with Crippen molar-refractivity contribution in [2.24, 2.45) is 22.2 Å². The van der Waals surface area contributed by atoms with Gasteiger partial charge in [0.05, 0.1) is 25.0 Å². The van der Waals surface area contributed by atoms with E-state index in [2.05, 4.69) is 17.6 Å². The number of carbonyl (C=O) groups excluding carboxylic acids is 2. The molecule has 0 bridgehead atoms. The number of nitrogens with zero attached hydrogens (tertiary/aromatic N) is 1. The second-order valence-electron chi connectivity index (χ2n) is 11.7. The molecule has 34 heavy (non-hydrogen) atoms. The maximum atomic E-state index is 12.9. The summed E-state index contributed by atoms with van der Waals surface area (Å²) >= 11 is 1.45. The summed E-state index contributed by atoms with van der Waals surface area (Å²) in [5.41, 5.74) is -0.253. The van der Waals surface area contributed by atoms with Crippen molar-refractivity contribution in [1.82, 2.24) is 10.3 Å². The summed E-state index contributed by atoms with van der Waals surface area (Å²) in [5, 5.41) is 27.6. The molecule has 0 aliphatic heterocycles. The van der Waals surface area contributed by atoms with Gasteiger partial charge in [-0.1, -0.05) is 34.6 Å². The zero-order chi connectivity index (χ0) is 25.3. The topological polar surface area (TPSA) is 121 Å². The van der Waals surface area contributed by atoms with E-state index < -0.39 is 11.5 Å². The standard InChI is InChI=1S/C25H41N3O5S/c1-23(2,3)13-20(32)27-22-28-21-15(11-19(31)26-9-10-33-6)24(4)8-7-18(30)25(5,14-29)17(24)12-16(21)34-22/h15,17-18,29-30H,7-14H2,1-6H3,(H,26,31)(H,27,28,32)/t15-,17+,18-,24+,25+/m1/s1. The van der Waals surface area contributed by atoms with Gasteiger partial charge in [-0.05, 0) is 36.0 Å². The number of aliphatic hydroxyl groups is 2. The van der Waals surface area contributed by atoms with Gasteiger partial charge in [-0.25, -0.2) is 4.98 Å². The summed E-state index contributed by atoms with van der Waals surface area (Å²) in [6.07, 6.45) is 2.02. The van der Waals surface area contributed by atoms with Crippen LogP contribution in [0.4, 0.5) is 5.13 Å². The number of thiazole rings is 1. The lowest BCUT2D eigenvalue weighted by atomic mass is 9.47. The first kappa shape index (κ1) is 27.0. The van der Waals surface area contributed by atoms with Gasteiger partial charge in [-0.2, -0.15) is 0 Å². The van der Waals surface area contributed by atoms with Crippen LogP contribution in [0.15, 0.2) is 0 Å². The Morgan fingerprint density at radius 1 is 1.26 bits per heavy atom. The Morgan fingerprint density at radius 2 is 1.97 bits per heavy atom. The molecule has 2 aliphatic rings. The molecule has 5 atom stereocenters. The van der Waals surface area contributed by atoms with Crippen molar-refractivity contribution in [3.8, 4) is 0 Å². The van der Waals surface area contributed by atoms with Crippen molar-refractivity contribution in [3.63, 3.8) is 0 Å². The van der Waals surface area contributed by atoms with Crippen LogP contribution in [0.3, 0.4) is 0 Å². The van der Waals surface area contributed by atoms with E-state index in [1.54, 1.807) is 7.11 Å². The van der Waals surface area contributed by atoms with Crippen molar-refractivity contribution in [2.75, 3.05) is 32.2 Å². The number of carbonyl (C=O) groups is 2. The molecule has 3 rings (SSSR count). The first-order chi connectivity index (χ1) is 15.8. The van der Waals surface area contributed by atoms with Gasteiger partial charge >= 0.3 is 0 Å². The van der Waals surface area contributed by atoms with Crippen molar-refractivity contribution in [1.29, 1.82) is 0 Å². The van der Waals surface area contributed by atoms with Crippen molar-refractivity contribution in [2.45, 2.75) is 78.7 Å². The molecule has 2 aliphatic carbocycles. The maximum absolute atomic E-state index is 12.9. The van der Waals surface area contributed by atoms with Crippen molar-refractivity contribution < 1.29 is 24.5 Å². The average molecular weight is 496 g/mol. The number of nitrogens with one attached hydrogen (secondary N) is 2. The van der Waals surface area contributed by atoms with Gasteiger partial charge in [0.1, 0.15) is 0 Å². The average Bonchev–Trinajstić information content (AvgIpc) is 3.13. The maximum Gasteiger partial charge on any atom is 0.226 e. The van der Waals surface area contributed by atoms with Gasteiger partial charge in [-0.3, -0.25) is 9.59 Å². The Bertz CT molecular complexity index is 898. The van der Waals surface area contributed by atoms with Gasteiger partial charge in [0.2, 0.25) is 11.8 Å². The molecule has 4 N–H and O–H groups in total. The molecule has 8 nitrogen and oxygen atoms in total. The summed E-state index contributed by atoms with van der Waals surface area (Å²) < 4.78 is 5.05. The molecule has 192 valence electrons. The summed E-state index contributed by atoms with van der Waals surface area (Å²) in [6, 6.07) is 0. The number of ether oxygens (including phenoxy) is 1. The summed E-state index contributed by atoms with van der Waals surface area (Å²) in [7, 11) is 1.60. The second-order valence-corrected chi connectivity index (χ2v) is 12.8. The summed E-state index contributed by atoms with van der Waals surface area (Å²) in [5.74, 6) is -0.340. The molecule has 0 saturated heterocycles. The molecular formula is C25H41N3O5S. The molecule has 2 amide bonds. The number of anilines is 1. The number of aromatic nitrogens is 1.